The highest BCUT2D eigenvalue weighted by Gasteiger charge is 2.24. The molecule has 7 aromatic heterocycles. The van der Waals surface area contributed by atoms with Gasteiger partial charge in [-0.1, -0.05) is 303 Å². The SMILES string of the molecule is [2H]c1c([2H])c([2H])c(-c2nc(-n3c4ccccc4c4cc(-c5ccc(-c6ccc7c(c6)c6ccccc6n7-c6ccccc6)cc5)ccc43)nc3ccccc23)c([2H])c1[2H].c1ccc(-c2nc(-n3c4ccccc4c4cc(-c5ccc(-c6ccc7c(c6)c6ccccc6n7-c6ccc7c8ccccc8n(-c8ccccc8)c7c6)cc5)ccc43)nc3ccccc23)cc1. The topological polar surface area (TPSA) is 76.2 Å². The summed E-state index contributed by atoms with van der Waals surface area (Å²) in [7, 11) is 0. The summed E-state index contributed by atoms with van der Waals surface area (Å²) < 4.78 is 53.8. The van der Waals surface area contributed by atoms with Gasteiger partial charge in [0, 0.05) is 92.8 Å². The predicted molar refractivity (Wildman–Crippen MR) is 503 cm³/mol. The van der Waals surface area contributed by atoms with Crippen molar-refractivity contribution in [2.45, 2.75) is 0 Å². The van der Waals surface area contributed by atoms with Gasteiger partial charge in [0.2, 0.25) is 11.9 Å². The Morgan fingerprint density at radius 2 is 0.446 bits per heavy atom. The Kier molecular flexibility index (Phi) is 14.9. The van der Waals surface area contributed by atoms with E-state index < -0.39 is 18.1 Å². The van der Waals surface area contributed by atoms with Crippen LogP contribution in [0.1, 0.15) is 6.85 Å². The first-order valence-corrected chi connectivity index (χ1v) is 40.7. The maximum atomic E-state index is 8.77. The van der Waals surface area contributed by atoms with Crippen molar-refractivity contribution in [3.05, 3.63) is 431 Å². The molecule has 0 aliphatic heterocycles. The summed E-state index contributed by atoms with van der Waals surface area (Å²) in [6.45, 7) is 0. The van der Waals surface area contributed by atoms with Crippen LogP contribution < -0.4 is 0 Å². The zero-order chi connectivity index (χ0) is 83.9. The van der Waals surface area contributed by atoms with Crippen LogP contribution in [0.2, 0.25) is 0 Å². The van der Waals surface area contributed by atoms with E-state index in [1.807, 2.05) is 65.2 Å². The van der Waals surface area contributed by atoms with E-state index >= 15 is 0 Å². The zero-order valence-electron chi connectivity index (χ0n) is 70.1. The second kappa shape index (κ2) is 28.2. The van der Waals surface area contributed by atoms with Crippen molar-refractivity contribution >= 4 is 131 Å². The molecule has 0 spiro atoms. The highest BCUT2D eigenvalue weighted by molar-refractivity contribution is 6.16. The molecule has 0 radical (unpaired) electrons. The van der Waals surface area contributed by atoms with Gasteiger partial charge in [-0.25, -0.2) is 19.9 Å². The molecule has 121 heavy (non-hydrogen) atoms. The molecule has 0 atom stereocenters. The third kappa shape index (κ3) is 11.5. The summed E-state index contributed by atoms with van der Waals surface area (Å²) in [4.78, 5) is 20.4. The van der Waals surface area contributed by atoms with Gasteiger partial charge in [0.25, 0.3) is 0 Å². The molecule has 25 aromatic rings. The average molecular weight is 1550 g/mol. The maximum absolute atomic E-state index is 8.77. The Morgan fingerprint density at radius 3 is 0.843 bits per heavy atom. The van der Waals surface area contributed by atoms with Gasteiger partial charge in [0.1, 0.15) is 0 Å². The van der Waals surface area contributed by atoms with Gasteiger partial charge in [0.15, 0.2) is 0 Å². The van der Waals surface area contributed by atoms with Gasteiger partial charge < -0.3 is 13.7 Å². The van der Waals surface area contributed by atoms with Gasteiger partial charge in [-0.2, -0.15) is 0 Å². The minimum Gasteiger partial charge on any atom is -0.309 e. The van der Waals surface area contributed by atoms with Crippen LogP contribution in [-0.4, -0.2) is 42.8 Å². The van der Waals surface area contributed by atoms with Gasteiger partial charge in [-0.05, 0) is 172 Å². The fourth-order valence-electron chi connectivity index (χ4n) is 18.5. The minimum absolute atomic E-state index is 0.0428. The molecule has 25 rings (SSSR count). The molecule has 0 aliphatic carbocycles. The number of aromatic nitrogens is 9. The molecule has 9 nitrogen and oxygen atoms in total. The molecule has 564 valence electrons. The molecule has 0 N–H and O–H groups in total. The quantitative estimate of drug-likeness (QED) is 0.129. The summed E-state index contributed by atoms with van der Waals surface area (Å²) in [5.41, 5.74) is 27.4. The highest BCUT2D eigenvalue weighted by Crippen LogP contribution is 2.44. The molecule has 7 heterocycles. The Morgan fingerprint density at radius 1 is 0.165 bits per heavy atom. The van der Waals surface area contributed by atoms with Crippen LogP contribution in [0.15, 0.2) is 431 Å². The second-order valence-corrected chi connectivity index (χ2v) is 30.9. The van der Waals surface area contributed by atoms with Crippen LogP contribution in [0, 0.1) is 0 Å². The lowest BCUT2D eigenvalue weighted by Crippen LogP contribution is -2.03. The van der Waals surface area contributed by atoms with Crippen LogP contribution in [0.5, 0.6) is 0 Å². The van der Waals surface area contributed by atoms with E-state index in [1.54, 1.807) is 0 Å². The van der Waals surface area contributed by atoms with Crippen molar-refractivity contribution in [1.29, 1.82) is 0 Å². The maximum Gasteiger partial charge on any atom is 0.235 e. The fourth-order valence-corrected chi connectivity index (χ4v) is 18.5. The number of nitrogens with zero attached hydrogens (tertiary/aromatic N) is 9. The molecule has 0 amide bonds. The summed E-state index contributed by atoms with van der Waals surface area (Å²) >= 11 is 0. The number of hydrogen-bond acceptors (Lipinski definition) is 4. The van der Waals surface area contributed by atoms with E-state index in [0.29, 0.717) is 22.8 Å². The van der Waals surface area contributed by atoms with Gasteiger partial charge in [-0.15, -0.1) is 0 Å². The lowest BCUT2D eigenvalue weighted by atomic mass is 9.98. The monoisotopic (exact) mass is 1550 g/mol. The van der Waals surface area contributed by atoms with Crippen molar-refractivity contribution in [1.82, 2.24) is 42.8 Å². The molecule has 0 saturated carbocycles. The first-order chi connectivity index (χ1) is 62.1. The molecular formula is C112H71N9. The molecule has 0 aliphatic rings. The Hall–Kier alpha value is -16.4. The van der Waals surface area contributed by atoms with Crippen molar-refractivity contribution in [2.24, 2.45) is 0 Å². The van der Waals surface area contributed by atoms with E-state index in [1.165, 1.54) is 81.9 Å². The van der Waals surface area contributed by atoms with Crippen LogP contribution in [0.4, 0.5) is 0 Å². The Labute approximate surface area is 702 Å². The highest BCUT2D eigenvalue weighted by atomic mass is 15.2. The summed E-state index contributed by atoms with van der Waals surface area (Å²) in [6, 6.07) is 140. The lowest BCUT2D eigenvalue weighted by molar-refractivity contribution is 1.01. The van der Waals surface area contributed by atoms with Crippen molar-refractivity contribution in [3.8, 4) is 96.0 Å². The van der Waals surface area contributed by atoms with E-state index in [9.17, 15) is 0 Å². The Balaban J connectivity index is 0.000000142. The molecule has 0 fully saturated rings. The summed E-state index contributed by atoms with van der Waals surface area (Å²) in [6.07, 6.45) is 0. The van der Waals surface area contributed by atoms with Crippen molar-refractivity contribution in [2.75, 3.05) is 0 Å². The minimum atomic E-state index is -0.444. The van der Waals surface area contributed by atoms with Crippen molar-refractivity contribution in [3.63, 3.8) is 0 Å². The number of hydrogen-bond donors (Lipinski definition) is 0. The van der Waals surface area contributed by atoms with E-state index in [-0.39, 0.29) is 23.3 Å². The van der Waals surface area contributed by atoms with Gasteiger partial charge in [-0.3, -0.25) is 9.13 Å². The van der Waals surface area contributed by atoms with E-state index in [0.717, 1.165) is 111 Å². The van der Waals surface area contributed by atoms with Gasteiger partial charge >= 0.3 is 0 Å². The Bertz CT molecular complexity index is 8750. The third-order valence-electron chi connectivity index (χ3n) is 24.1. The summed E-state index contributed by atoms with van der Waals surface area (Å²) in [5, 5.41) is 13.4. The molecule has 0 saturated heterocycles. The predicted octanol–water partition coefficient (Wildman–Crippen LogP) is 28.7. The number of fused-ring (bicyclic) bond motifs is 17. The third-order valence-corrected chi connectivity index (χ3v) is 24.1. The van der Waals surface area contributed by atoms with Crippen LogP contribution >= 0.6 is 0 Å². The van der Waals surface area contributed by atoms with E-state index in [2.05, 4.69) is 358 Å². The molecular weight excluding hydrogens is 1470 g/mol. The van der Waals surface area contributed by atoms with Gasteiger partial charge in [0.05, 0.1) is 84.4 Å². The van der Waals surface area contributed by atoms with Crippen LogP contribution in [-0.2, 0) is 0 Å². The normalized spacial score (nSPS) is 12.4. The lowest BCUT2D eigenvalue weighted by Gasteiger charge is -2.12. The standard InChI is InChI=1S/C62H39N5.C50H32N4/c1-3-15-42(16-4-1)61-51-22-7-11-23-54(51)63-62(64-61)67-57-26-14-10-21-49(57)53-38-44(32-36-59(53)67)41-29-27-40(28-30-41)43-31-35-58-52(37-43)48-20-9-13-25-56(48)66(58)46-33-34-50-47-19-8-12-24-55(47)65(60(50)39-46)45-17-5-2-6-18-45;1-3-13-35(14-4-1)49-41-19-7-10-20-44(41)51-50(52-49)54-46-22-12-9-18-40(46)43-32-37(28-30-48(43)54)34-25-23-33(24-26-34)36-27-29-47-42(31-36)39-17-8-11-21-45(39)53(47)38-15-5-2-6-16-38/h1-39H;1-32H/i;1D,3D,4D,13D,14D. The van der Waals surface area contributed by atoms with Crippen LogP contribution in [0.25, 0.3) is 227 Å². The van der Waals surface area contributed by atoms with E-state index in [4.69, 9.17) is 26.8 Å². The summed E-state index contributed by atoms with van der Waals surface area (Å²) in [5.74, 6) is 1.01. The first kappa shape index (κ1) is 63.9. The van der Waals surface area contributed by atoms with Crippen molar-refractivity contribution < 1.29 is 6.85 Å². The fraction of sp³-hybridized carbons (Fsp3) is 0. The smallest absolute Gasteiger partial charge is 0.235 e. The molecule has 18 aromatic carbocycles. The molecule has 9 heteroatoms. The first-order valence-electron chi connectivity index (χ1n) is 43.2. The largest absolute Gasteiger partial charge is 0.309 e. The zero-order valence-corrected chi connectivity index (χ0v) is 65.1. The molecule has 0 unspecified atom stereocenters. The number of para-hydroxylation sites is 9. The number of benzene rings is 18. The molecule has 0 bridgehead atoms. The average Bonchev–Trinajstić information content (AvgIpc) is 1.46. The number of rotatable bonds is 11. The second-order valence-electron chi connectivity index (χ2n) is 30.9. The van der Waals surface area contributed by atoms with Crippen LogP contribution in [0.3, 0.4) is 0 Å².